The van der Waals surface area contributed by atoms with E-state index in [1.165, 1.54) is 0 Å². The number of rotatable bonds is 7. The van der Waals surface area contributed by atoms with Gasteiger partial charge in [-0.3, -0.25) is 0 Å². The zero-order chi connectivity index (χ0) is 12.1. The van der Waals surface area contributed by atoms with Crippen LogP contribution in [0.4, 0.5) is 0 Å². The molecule has 0 rings (SSSR count). The summed E-state index contributed by atoms with van der Waals surface area (Å²) in [5.74, 6) is -2.94. The normalized spacial score (nSPS) is 15.4. The Morgan fingerprint density at radius 1 is 1.13 bits per heavy atom. The molecule has 1 atom stereocenters. The molecule has 0 saturated carbocycles. The van der Waals surface area contributed by atoms with Crippen molar-refractivity contribution in [3.8, 4) is 0 Å². The summed E-state index contributed by atoms with van der Waals surface area (Å²) in [5, 5.41) is 35.5. The molecule has 0 aliphatic carbocycles. The maximum atomic E-state index is 9.48. The van der Waals surface area contributed by atoms with Gasteiger partial charge >= 0.3 is 0 Å². The lowest BCUT2D eigenvalue weighted by Crippen LogP contribution is -2.60. The summed E-state index contributed by atoms with van der Waals surface area (Å²) in [6.45, 7) is 2.02. The third-order valence-electron chi connectivity index (χ3n) is 2.30. The smallest absolute Gasteiger partial charge is 0.277 e. The maximum Gasteiger partial charge on any atom is 0.277 e. The quantitative estimate of drug-likeness (QED) is 0.231. The molecule has 0 saturated heterocycles. The van der Waals surface area contributed by atoms with Crippen LogP contribution < -0.4 is 11.5 Å². The Morgan fingerprint density at radius 3 is 2.07 bits per heavy atom. The molecular formula is C9H22N2O4. The van der Waals surface area contributed by atoms with E-state index in [0.29, 0.717) is 6.42 Å². The van der Waals surface area contributed by atoms with Crippen LogP contribution in [0.5, 0.6) is 0 Å². The first-order valence-electron chi connectivity index (χ1n) is 5.12. The molecular weight excluding hydrogens is 200 g/mol. The number of unbranched alkanes of at least 4 members (excludes halogenated alkanes) is 2. The van der Waals surface area contributed by atoms with Gasteiger partial charge in [0.25, 0.3) is 5.97 Å². The minimum Gasteiger partial charge on any atom is -0.389 e. The summed E-state index contributed by atoms with van der Waals surface area (Å²) in [4.78, 5) is 0. The summed E-state index contributed by atoms with van der Waals surface area (Å²) >= 11 is 0. The third kappa shape index (κ3) is 6.77. The monoisotopic (exact) mass is 222 g/mol. The molecule has 0 aromatic heterocycles. The molecule has 15 heavy (non-hydrogen) atoms. The molecule has 6 nitrogen and oxygen atoms in total. The van der Waals surface area contributed by atoms with Crippen molar-refractivity contribution in [3.63, 3.8) is 0 Å². The fourth-order valence-electron chi connectivity index (χ4n) is 1.30. The number of hydrogen-bond acceptors (Lipinski definition) is 6. The second kappa shape index (κ2) is 5.74. The van der Waals surface area contributed by atoms with Crippen molar-refractivity contribution in [2.24, 2.45) is 11.5 Å². The Labute approximate surface area is 89.5 Å². The second-order valence-corrected chi connectivity index (χ2v) is 4.06. The fourth-order valence-corrected chi connectivity index (χ4v) is 1.30. The highest BCUT2D eigenvalue weighted by molar-refractivity contribution is 4.86. The predicted molar refractivity (Wildman–Crippen MR) is 55.3 cm³/mol. The van der Waals surface area contributed by atoms with Gasteiger partial charge in [-0.1, -0.05) is 26.2 Å². The molecule has 1 unspecified atom stereocenters. The Bertz CT molecular complexity index is 179. The maximum absolute atomic E-state index is 9.48. The predicted octanol–water partition coefficient (Wildman–Crippen LogP) is -1.44. The van der Waals surface area contributed by atoms with Crippen LogP contribution in [-0.2, 0) is 0 Å². The molecule has 0 heterocycles. The SMILES string of the molecule is CCCCCC(N)(N)C(O)CC(O)(O)O. The van der Waals surface area contributed by atoms with Gasteiger partial charge < -0.3 is 31.9 Å². The summed E-state index contributed by atoms with van der Waals surface area (Å²) in [7, 11) is 0. The highest BCUT2D eigenvalue weighted by Gasteiger charge is 2.35. The minimum atomic E-state index is -2.94. The van der Waals surface area contributed by atoms with E-state index in [-0.39, 0.29) is 0 Å². The first-order chi connectivity index (χ1) is 6.69. The molecule has 8 N–H and O–H groups in total. The molecule has 0 bridgehead atoms. The summed E-state index contributed by atoms with van der Waals surface area (Å²) in [5.41, 5.74) is 9.80. The third-order valence-corrected chi connectivity index (χ3v) is 2.30. The van der Waals surface area contributed by atoms with Crippen molar-refractivity contribution in [3.05, 3.63) is 0 Å². The van der Waals surface area contributed by atoms with Crippen LogP contribution >= 0.6 is 0 Å². The highest BCUT2D eigenvalue weighted by Crippen LogP contribution is 2.17. The van der Waals surface area contributed by atoms with Crippen LogP contribution in [0.2, 0.25) is 0 Å². The van der Waals surface area contributed by atoms with Crippen molar-refractivity contribution >= 4 is 0 Å². The van der Waals surface area contributed by atoms with Gasteiger partial charge in [0.05, 0.1) is 18.2 Å². The minimum absolute atomic E-state index is 0.359. The summed E-state index contributed by atoms with van der Waals surface area (Å²) < 4.78 is 0. The van der Waals surface area contributed by atoms with Gasteiger partial charge in [0.1, 0.15) is 0 Å². The lowest BCUT2D eigenvalue weighted by molar-refractivity contribution is -0.325. The van der Waals surface area contributed by atoms with Crippen molar-refractivity contribution in [1.29, 1.82) is 0 Å². The Morgan fingerprint density at radius 2 is 1.67 bits per heavy atom. The topological polar surface area (TPSA) is 133 Å². The number of aliphatic hydroxyl groups is 4. The average molecular weight is 222 g/mol. The van der Waals surface area contributed by atoms with Gasteiger partial charge in [-0.25, -0.2) is 0 Å². The van der Waals surface area contributed by atoms with Gasteiger partial charge in [0.2, 0.25) is 0 Å². The number of aliphatic hydroxyl groups excluding tert-OH is 1. The van der Waals surface area contributed by atoms with Gasteiger partial charge in [-0.15, -0.1) is 0 Å². The number of nitrogens with two attached hydrogens (primary N) is 2. The van der Waals surface area contributed by atoms with Crippen LogP contribution in [0.3, 0.4) is 0 Å². The molecule has 92 valence electrons. The van der Waals surface area contributed by atoms with Crippen molar-refractivity contribution in [2.45, 2.75) is 56.8 Å². The van der Waals surface area contributed by atoms with E-state index < -0.39 is 24.2 Å². The zero-order valence-electron chi connectivity index (χ0n) is 9.06. The van der Waals surface area contributed by atoms with Crippen LogP contribution in [-0.4, -0.2) is 38.2 Å². The van der Waals surface area contributed by atoms with Crippen molar-refractivity contribution < 1.29 is 20.4 Å². The van der Waals surface area contributed by atoms with E-state index in [2.05, 4.69) is 0 Å². The van der Waals surface area contributed by atoms with E-state index in [1.807, 2.05) is 6.92 Å². The summed E-state index contributed by atoms with van der Waals surface area (Å²) in [6.07, 6.45) is 0.982. The largest absolute Gasteiger partial charge is 0.389 e. The molecule has 0 aromatic carbocycles. The lowest BCUT2D eigenvalue weighted by Gasteiger charge is -2.32. The Balaban J connectivity index is 4.07. The molecule has 0 fully saturated rings. The van der Waals surface area contributed by atoms with E-state index in [1.54, 1.807) is 0 Å². The van der Waals surface area contributed by atoms with Crippen molar-refractivity contribution in [2.75, 3.05) is 0 Å². The van der Waals surface area contributed by atoms with Crippen molar-refractivity contribution in [1.82, 2.24) is 0 Å². The zero-order valence-corrected chi connectivity index (χ0v) is 9.06. The number of hydrogen-bond donors (Lipinski definition) is 6. The van der Waals surface area contributed by atoms with Gasteiger partial charge in [0, 0.05) is 0 Å². The summed E-state index contributed by atoms with van der Waals surface area (Å²) in [6, 6.07) is 0. The van der Waals surface area contributed by atoms with E-state index in [4.69, 9.17) is 26.8 Å². The first kappa shape index (κ1) is 14.8. The lowest BCUT2D eigenvalue weighted by atomic mass is 9.94. The Hall–Kier alpha value is -0.240. The second-order valence-electron chi connectivity index (χ2n) is 4.06. The molecule has 0 aliphatic rings. The molecule has 0 radical (unpaired) electrons. The van der Waals surface area contributed by atoms with Crippen LogP contribution in [0.25, 0.3) is 0 Å². The van der Waals surface area contributed by atoms with Crippen LogP contribution in [0, 0.1) is 0 Å². The standard InChI is InChI=1S/C9H22N2O4/c1-2-3-4-5-8(10,11)7(12)6-9(13,14)15/h7,12-15H,2-6,10-11H2,1H3. The van der Waals surface area contributed by atoms with E-state index in [9.17, 15) is 5.11 Å². The van der Waals surface area contributed by atoms with E-state index in [0.717, 1.165) is 19.3 Å². The molecule has 0 amide bonds. The van der Waals surface area contributed by atoms with Gasteiger partial charge in [0.15, 0.2) is 0 Å². The fraction of sp³-hybridized carbons (Fsp3) is 1.00. The van der Waals surface area contributed by atoms with Gasteiger partial charge in [-0.2, -0.15) is 0 Å². The molecule has 0 aliphatic heterocycles. The molecule has 0 spiro atoms. The van der Waals surface area contributed by atoms with E-state index >= 15 is 0 Å². The van der Waals surface area contributed by atoms with Gasteiger partial charge in [-0.05, 0) is 6.42 Å². The molecule has 0 aromatic rings. The highest BCUT2D eigenvalue weighted by atomic mass is 16.7. The average Bonchev–Trinajstić information content (AvgIpc) is 2.01. The Kier molecular flexibility index (Phi) is 5.65. The van der Waals surface area contributed by atoms with Crippen LogP contribution in [0.15, 0.2) is 0 Å². The first-order valence-corrected chi connectivity index (χ1v) is 5.12. The molecule has 6 heteroatoms. The van der Waals surface area contributed by atoms with Crippen LogP contribution in [0.1, 0.15) is 39.0 Å².